The van der Waals surface area contributed by atoms with Crippen LogP contribution < -0.4 is 16.6 Å². The molecule has 0 atom stereocenters. The maximum absolute atomic E-state index is 12.6. The van der Waals surface area contributed by atoms with Gasteiger partial charge in [-0.15, -0.1) is 0 Å². The van der Waals surface area contributed by atoms with Crippen molar-refractivity contribution in [1.82, 2.24) is 29.2 Å². The molecule has 0 fully saturated rings. The summed E-state index contributed by atoms with van der Waals surface area (Å²) < 4.78 is 9.95. The van der Waals surface area contributed by atoms with Crippen LogP contribution in [0, 0.1) is 6.92 Å². The normalized spacial score (nSPS) is 13.6. The molecular weight excluding hydrogens is 364 g/mol. The standard InChI is InChI=1S/C18H22N6O4/c1-11-13(14-16(28-11)20-10-22(2)17(14)26)15(25)19-7-5-9-24-18(27)23-8-4-3-6-12(23)21-24/h10H,3-9H2,1-2H3,(H,19,25). The Balaban J connectivity index is 1.43. The number of nitrogens with one attached hydrogen (secondary N) is 1. The molecule has 0 saturated carbocycles. The van der Waals surface area contributed by atoms with Crippen LogP contribution in [0.1, 0.15) is 41.2 Å². The van der Waals surface area contributed by atoms with Crippen LogP contribution >= 0.6 is 0 Å². The lowest BCUT2D eigenvalue weighted by molar-refractivity contribution is 0.0952. The number of aromatic nitrogens is 5. The number of rotatable bonds is 5. The van der Waals surface area contributed by atoms with Crippen LogP contribution in [-0.2, 0) is 26.6 Å². The van der Waals surface area contributed by atoms with Crippen molar-refractivity contribution in [2.75, 3.05) is 6.54 Å². The summed E-state index contributed by atoms with van der Waals surface area (Å²) in [5.74, 6) is 0.795. The molecule has 3 aromatic rings. The number of aryl methyl sites for hydroxylation is 4. The molecule has 4 heterocycles. The van der Waals surface area contributed by atoms with E-state index in [1.54, 1.807) is 18.5 Å². The summed E-state index contributed by atoms with van der Waals surface area (Å²) in [4.78, 5) is 41.3. The first kappa shape index (κ1) is 18.2. The molecule has 1 amide bonds. The van der Waals surface area contributed by atoms with Crippen molar-refractivity contribution < 1.29 is 9.21 Å². The van der Waals surface area contributed by atoms with E-state index in [1.165, 1.54) is 15.6 Å². The molecule has 0 saturated heterocycles. The maximum atomic E-state index is 12.6. The van der Waals surface area contributed by atoms with Crippen molar-refractivity contribution in [3.63, 3.8) is 0 Å². The Morgan fingerprint density at radius 3 is 2.93 bits per heavy atom. The average molecular weight is 386 g/mol. The summed E-state index contributed by atoms with van der Waals surface area (Å²) >= 11 is 0. The predicted molar refractivity (Wildman–Crippen MR) is 100 cm³/mol. The van der Waals surface area contributed by atoms with Crippen LogP contribution in [0.2, 0.25) is 0 Å². The number of carbonyl (C=O) groups is 1. The molecule has 1 aliphatic heterocycles. The van der Waals surface area contributed by atoms with E-state index >= 15 is 0 Å². The molecule has 4 rings (SSSR count). The van der Waals surface area contributed by atoms with Gasteiger partial charge in [0.05, 0.1) is 5.56 Å². The third kappa shape index (κ3) is 3.04. The first-order valence-corrected chi connectivity index (χ1v) is 9.37. The first-order chi connectivity index (χ1) is 13.5. The van der Waals surface area contributed by atoms with E-state index in [0.29, 0.717) is 25.3 Å². The second-order valence-electron chi connectivity index (χ2n) is 7.01. The Morgan fingerprint density at radius 2 is 2.14 bits per heavy atom. The molecule has 1 N–H and O–H groups in total. The summed E-state index contributed by atoms with van der Waals surface area (Å²) in [6.45, 7) is 3.12. The van der Waals surface area contributed by atoms with Crippen molar-refractivity contribution in [2.24, 2.45) is 7.05 Å². The lowest BCUT2D eigenvalue weighted by Gasteiger charge is -2.09. The fourth-order valence-electron chi connectivity index (χ4n) is 3.57. The number of fused-ring (bicyclic) bond motifs is 2. The number of carbonyl (C=O) groups excluding carboxylic acids is 1. The number of amides is 1. The molecule has 3 aromatic heterocycles. The van der Waals surface area contributed by atoms with Crippen LogP contribution in [0.15, 0.2) is 20.3 Å². The quantitative estimate of drug-likeness (QED) is 0.633. The van der Waals surface area contributed by atoms with Gasteiger partial charge in [-0.2, -0.15) is 5.10 Å². The fourth-order valence-corrected chi connectivity index (χ4v) is 3.57. The summed E-state index contributed by atoms with van der Waals surface area (Å²) in [6.07, 6.45) is 4.79. The average Bonchev–Trinajstić information content (AvgIpc) is 3.19. The highest BCUT2D eigenvalue weighted by Gasteiger charge is 2.22. The Labute approximate surface area is 159 Å². The zero-order chi connectivity index (χ0) is 19.8. The van der Waals surface area contributed by atoms with E-state index in [4.69, 9.17) is 4.42 Å². The number of hydrogen-bond acceptors (Lipinski definition) is 6. The molecule has 0 aromatic carbocycles. The van der Waals surface area contributed by atoms with Crippen LogP contribution in [0.5, 0.6) is 0 Å². The third-order valence-corrected chi connectivity index (χ3v) is 5.04. The highest BCUT2D eigenvalue weighted by atomic mass is 16.3. The van der Waals surface area contributed by atoms with Gasteiger partial charge in [0.25, 0.3) is 11.5 Å². The van der Waals surface area contributed by atoms with Crippen LogP contribution in [0.25, 0.3) is 11.1 Å². The van der Waals surface area contributed by atoms with Gasteiger partial charge in [-0.1, -0.05) is 0 Å². The summed E-state index contributed by atoms with van der Waals surface area (Å²) in [5.41, 5.74) is -0.0615. The van der Waals surface area contributed by atoms with Gasteiger partial charge in [0.2, 0.25) is 5.71 Å². The molecule has 0 radical (unpaired) electrons. The van der Waals surface area contributed by atoms with Gasteiger partial charge in [-0.25, -0.2) is 14.5 Å². The minimum Gasteiger partial charge on any atom is -0.442 e. The number of nitrogens with zero attached hydrogens (tertiary/aromatic N) is 5. The molecule has 10 nitrogen and oxygen atoms in total. The maximum Gasteiger partial charge on any atom is 0.345 e. The molecule has 0 unspecified atom stereocenters. The third-order valence-electron chi connectivity index (χ3n) is 5.04. The van der Waals surface area contributed by atoms with Crippen molar-refractivity contribution in [2.45, 2.75) is 45.7 Å². The number of hydrogen-bond donors (Lipinski definition) is 1. The largest absolute Gasteiger partial charge is 0.442 e. The zero-order valence-electron chi connectivity index (χ0n) is 15.9. The Morgan fingerprint density at radius 1 is 1.32 bits per heavy atom. The van der Waals surface area contributed by atoms with Gasteiger partial charge >= 0.3 is 5.69 Å². The number of furan rings is 1. The monoisotopic (exact) mass is 386 g/mol. The van der Waals surface area contributed by atoms with Gasteiger partial charge in [0.1, 0.15) is 23.3 Å². The van der Waals surface area contributed by atoms with Gasteiger partial charge in [0, 0.05) is 33.1 Å². The van der Waals surface area contributed by atoms with E-state index < -0.39 is 5.91 Å². The predicted octanol–water partition coefficient (Wildman–Crippen LogP) is 0.350. The summed E-state index contributed by atoms with van der Waals surface area (Å²) in [5, 5.41) is 7.35. The molecule has 10 heteroatoms. The van der Waals surface area contributed by atoms with Crippen LogP contribution in [0.3, 0.4) is 0 Å². The Hall–Kier alpha value is -3.17. The van der Waals surface area contributed by atoms with E-state index in [1.807, 2.05) is 0 Å². The second-order valence-corrected chi connectivity index (χ2v) is 7.01. The minimum atomic E-state index is -0.391. The van der Waals surface area contributed by atoms with E-state index in [0.717, 1.165) is 31.6 Å². The Kier molecular flexibility index (Phi) is 4.62. The highest BCUT2D eigenvalue weighted by Crippen LogP contribution is 2.20. The van der Waals surface area contributed by atoms with Crippen molar-refractivity contribution in [3.8, 4) is 0 Å². The van der Waals surface area contributed by atoms with E-state index in [9.17, 15) is 14.4 Å². The fraction of sp³-hybridized carbons (Fsp3) is 0.500. The molecule has 0 aliphatic carbocycles. The van der Waals surface area contributed by atoms with Gasteiger partial charge in [0.15, 0.2) is 0 Å². The van der Waals surface area contributed by atoms with E-state index in [2.05, 4.69) is 15.4 Å². The highest BCUT2D eigenvalue weighted by molar-refractivity contribution is 6.06. The molecular formula is C18H22N6O4. The van der Waals surface area contributed by atoms with Gasteiger partial charge in [-0.3, -0.25) is 14.2 Å². The lowest BCUT2D eigenvalue weighted by atomic mass is 10.2. The molecule has 0 bridgehead atoms. The molecule has 0 spiro atoms. The van der Waals surface area contributed by atoms with Crippen LogP contribution in [0.4, 0.5) is 0 Å². The van der Waals surface area contributed by atoms with Gasteiger partial charge < -0.3 is 14.3 Å². The minimum absolute atomic E-state index is 0.0905. The first-order valence-electron chi connectivity index (χ1n) is 9.37. The SMILES string of the molecule is Cc1oc2ncn(C)c(=O)c2c1C(=O)NCCCn1nc2n(c1=O)CCCC2. The Bertz CT molecular complexity index is 1170. The zero-order valence-corrected chi connectivity index (χ0v) is 15.9. The topological polar surface area (TPSA) is 117 Å². The molecule has 1 aliphatic rings. The van der Waals surface area contributed by atoms with E-state index in [-0.39, 0.29) is 27.9 Å². The smallest absolute Gasteiger partial charge is 0.345 e. The van der Waals surface area contributed by atoms with Crippen molar-refractivity contribution in [1.29, 1.82) is 0 Å². The van der Waals surface area contributed by atoms with Gasteiger partial charge in [-0.05, 0) is 26.2 Å². The molecule has 148 valence electrons. The lowest BCUT2D eigenvalue weighted by Crippen LogP contribution is -2.30. The van der Waals surface area contributed by atoms with Crippen molar-refractivity contribution >= 4 is 17.0 Å². The molecule has 28 heavy (non-hydrogen) atoms. The summed E-state index contributed by atoms with van der Waals surface area (Å²) in [6, 6.07) is 0. The second kappa shape index (κ2) is 7.10. The van der Waals surface area contributed by atoms with Crippen LogP contribution in [-0.4, -0.2) is 36.4 Å². The summed E-state index contributed by atoms with van der Waals surface area (Å²) in [7, 11) is 1.57. The van der Waals surface area contributed by atoms with Crippen molar-refractivity contribution in [3.05, 3.63) is 44.3 Å².